The lowest BCUT2D eigenvalue weighted by molar-refractivity contribution is -0.131. The maximum Gasteiger partial charge on any atom is 0.328 e. The van der Waals surface area contributed by atoms with Crippen LogP contribution >= 0.6 is 0 Å². The first-order valence-electron chi connectivity index (χ1n) is 7.49. The maximum absolute atomic E-state index is 10.5. The van der Waals surface area contributed by atoms with Crippen LogP contribution in [-0.2, 0) is 4.79 Å². The summed E-state index contributed by atoms with van der Waals surface area (Å²) in [5.74, 6) is 0.232. The fraction of sp³-hybridized carbons (Fsp3) is 0.500. The minimum absolute atomic E-state index is 0.357. The minimum Gasteiger partial charge on any atom is -0.478 e. The summed E-state index contributed by atoms with van der Waals surface area (Å²) in [7, 11) is 0. The van der Waals surface area contributed by atoms with Crippen molar-refractivity contribution in [1.29, 1.82) is 0 Å². The fourth-order valence-electron chi connectivity index (χ4n) is 3.85. The van der Waals surface area contributed by atoms with Gasteiger partial charge in [-0.15, -0.1) is 0 Å². The lowest BCUT2D eigenvalue weighted by Gasteiger charge is -2.45. The molecule has 21 heavy (non-hydrogen) atoms. The molecule has 0 unspecified atom stereocenters. The predicted molar refractivity (Wildman–Crippen MR) is 83.8 cm³/mol. The van der Waals surface area contributed by atoms with E-state index >= 15 is 0 Å². The molecule has 2 aliphatic rings. The van der Waals surface area contributed by atoms with E-state index in [1.165, 1.54) is 11.1 Å². The molecule has 3 nitrogen and oxygen atoms in total. The first-order chi connectivity index (χ1) is 9.80. The number of rotatable bonds is 3. The van der Waals surface area contributed by atoms with Crippen molar-refractivity contribution in [2.45, 2.75) is 39.2 Å². The van der Waals surface area contributed by atoms with E-state index in [2.05, 4.69) is 26.0 Å². The van der Waals surface area contributed by atoms with Gasteiger partial charge in [-0.05, 0) is 55.6 Å². The van der Waals surface area contributed by atoms with Crippen LogP contribution in [0.4, 0.5) is 0 Å². The second kappa shape index (κ2) is 6.02. The van der Waals surface area contributed by atoms with E-state index in [0.29, 0.717) is 17.8 Å². The van der Waals surface area contributed by atoms with Crippen molar-refractivity contribution >= 4 is 5.97 Å². The lowest BCUT2D eigenvalue weighted by Crippen LogP contribution is -2.42. The highest BCUT2D eigenvalue weighted by atomic mass is 16.4. The topological polar surface area (TPSA) is 57.5 Å². The Hall–Kier alpha value is -1.61. The third-order valence-corrected chi connectivity index (χ3v) is 4.55. The highest BCUT2D eigenvalue weighted by Gasteiger charge is 2.42. The van der Waals surface area contributed by atoms with Crippen molar-refractivity contribution in [1.82, 2.24) is 0 Å². The third kappa shape index (κ3) is 3.73. The van der Waals surface area contributed by atoms with Crippen LogP contribution < -0.4 is 0 Å². The predicted octanol–water partition coefficient (Wildman–Crippen LogP) is 3.48. The molecule has 0 radical (unpaired) electrons. The van der Waals surface area contributed by atoms with Gasteiger partial charge >= 0.3 is 5.97 Å². The SMILES string of the molecule is CC1=C(C=CC=CC(=O)O)[C@H]2[C@H](C)C[C@@](C)(O)C[C@@H]2C=C1. The van der Waals surface area contributed by atoms with Crippen LogP contribution in [0.5, 0.6) is 0 Å². The Labute approximate surface area is 126 Å². The molecule has 1 fully saturated rings. The van der Waals surface area contributed by atoms with Gasteiger partial charge in [0.1, 0.15) is 0 Å². The fourth-order valence-corrected chi connectivity index (χ4v) is 3.85. The molecule has 2 aliphatic carbocycles. The standard InChI is InChI=1S/C18H24O3/c1-12-8-9-14-11-18(3,21)10-13(2)17(14)15(12)6-4-5-7-16(19)20/h4-9,13-14,17,21H,10-11H2,1-3H3,(H,19,20)/t13-,14+,17+,18-/m1/s1. The zero-order chi connectivity index (χ0) is 15.6. The largest absolute Gasteiger partial charge is 0.478 e. The Balaban J connectivity index is 2.23. The highest BCUT2D eigenvalue weighted by molar-refractivity contribution is 5.80. The van der Waals surface area contributed by atoms with Gasteiger partial charge in [-0.2, -0.15) is 0 Å². The molecular weight excluding hydrogens is 264 g/mol. The summed E-state index contributed by atoms with van der Waals surface area (Å²) in [6.45, 7) is 6.20. The van der Waals surface area contributed by atoms with Crippen LogP contribution in [0.15, 0.2) is 47.6 Å². The van der Waals surface area contributed by atoms with Gasteiger partial charge in [0, 0.05) is 6.08 Å². The number of aliphatic carboxylic acids is 1. The Bertz CT molecular complexity index is 535. The molecule has 0 amide bonds. The molecule has 4 atom stereocenters. The summed E-state index contributed by atoms with van der Waals surface area (Å²) in [6.07, 6.45) is 12.4. The summed E-state index contributed by atoms with van der Waals surface area (Å²) in [4.78, 5) is 10.5. The molecule has 114 valence electrons. The first kappa shape index (κ1) is 15.8. The molecule has 0 heterocycles. The average molecular weight is 288 g/mol. The van der Waals surface area contributed by atoms with Crippen LogP contribution in [0, 0.1) is 17.8 Å². The van der Waals surface area contributed by atoms with Crippen LogP contribution in [0.2, 0.25) is 0 Å². The monoisotopic (exact) mass is 288 g/mol. The number of hydrogen-bond donors (Lipinski definition) is 2. The molecule has 0 spiro atoms. The molecule has 2 rings (SSSR count). The Morgan fingerprint density at radius 2 is 2.10 bits per heavy atom. The number of carboxylic acid groups (broad SMARTS) is 1. The average Bonchev–Trinajstić information content (AvgIpc) is 2.35. The van der Waals surface area contributed by atoms with E-state index < -0.39 is 11.6 Å². The van der Waals surface area contributed by atoms with Gasteiger partial charge in [-0.25, -0.2) is 4.79 Å². The Morgan fingerprint density at radius 3 is 2.76 bits per heavy atom. The smallest absolute Gasteiger partial charge is 0.328 e. The normalized spacial score (nSPS) is 36.5. The van der Waals surface area contributed by atoms with Crippen molar-refractivity contribution in [3.8, 4) is 0 Å². The Kier molecular flexibility index (Phi) is 4.52. The van der Waals surface area contributed by atoms with Crippen molar-refractivity contribution in [3.63, 3.8) is 0 Å². The zero-order valence-electron chi connectivity index (χ0n) is 12.9. The number of fused-ring (bicyclic) bond motifs is 1. The lowest BCUT2D eigenvalue weighted by atomic mass is 9.62. The molecule has 0 saturated heterocycles. The van der Waals surface area contributed by atoms with Crippen LogP contribution in [-0.4, -0.2) is 21.8 Å². The number of allylic oxidation sites excluding steroid dienone is 7. The number of carboxylic acids is 1. The van der Waals surface area contributed by atoms with E-state index in [1.807, 2.05) is 13.0 Å². The molecule has 0 aromatic rings. The number of aliphatic hydroxyl groups is 1. The molecular formula is C18H24O3. The van der Waals surface area contributed by atoms with Gasteiger partial charge in [0.2, 0.25) is 0 Å². The molecule has 0 bridgehead atoms. The Morgan fingerprint density at radius 1 is 1.38 bits per heavy atom. The first-order valence-corrected chi connectivity index (χ1v) is 7.49. The zero-order valence-corrected chi connectivity index (χ0v) is 12.9. The van der Waals surface area contributed by atoms with E-state index in [0.717, 1.165) is 18.9 Å². The number of carbonyl (C=O) groups is 1. The minimum atomic E-state index is -0.936. The third-order valence-electron chi connectivity index (χ3n) is 4.55. The van der Waals surface area contributed by atoms with Crippen LogP contribution in [0.25, 0.3) is 0 Å². The molecule has 1 saturated carbocycles. The molecule has 3 heteroatoms. The van der Waals surface area contributed by atoms with Gasteiger partial charge in [0.25, 0.3) is 0 Å². The van der Waals surface area contributed by atoms with Crippen molar-refractivity contribution in [2.75, 3.05) is 0 Å². The van der Waals surface area contributed by atoms with Crippen LogP contribution in [0.3, 0.4) is 0 Å². The van der Waals surface area contributed by atoms with Crippen molar-refractivity contribution in [3.05, 3.63) is 47.6 Å². The maximum atomic E-state index is 10.5. The summed E-state index contributed by atoms with van der Waals surface area (Å²) < 4.78 is 0. The molecule has 0 aromatic carbocycles. The second-order valence-electron chi connectivity index (χ2n) is 6.63. The molecule has 2 N–H and O–H groups in total. The summed E-state index contributed by atoms with van der Waals surface area (Å²) in [5, 5.41) is 19.0. The van der Waals surface area contributed by atoms with Gasteiger partial charge in [0.15, 0.2) is 0 Å². The van der Waals surface area contributed by atoms with E-state index in [-0.39, 0.29) is 0 Å². The quantitative estimate of drug-likeness (QED) is 0.617. The highest BCUT2D eigenvalue weighted by Crippen LogP contribution is 2.47. The van der Waals surface area contributed by atoms with Gasteiger partial charge in [-0.3, -0.25) is 0 Å². The van der Waals surface area contributed by atoms with E-state index in [9.17, 15) is 9.90 Å². The van der Waals surface area contributed by atoms with E-state index in [4.69, 9.17) is 5.11 Å². The van der Waals surface area contributed by atoms with Crippen molar-refractivity contribution < 1.29 is 15.0 Å². The van der Waals surface area contributed by atoms with Gasteiger partial charge in [0.05, 0.1) is 5.60 Å². The van der Waals surface area contributed by atoms with Crippen LogP contribution in [0.1, 0.15) is 33.6 Å². The van der Waals surface area contributed by atoms with Gasteiger partial charge < -0.3 is 10.2 Å². The second-order valence-corrected chi connectivity index (χ2v) is 6.63. The number of hydrogen-bond acceptors (Lipinski definition) is 2. The molecule has 0 aliphatic heterocycles. The summed E-state index contributed by atoms with van der Waals surface area (Å²) in [6, 6.07) is 0. The van der Waals surface area contributed by atoms with Gasteiger partial charge in [-0.1, -0.05) is 37.3 Å². The summed E-state index contributed by atoms with van der Waals surface area (Å²) >= 11 is 0. The van der Waals surface area contributed by atoms with Crippen molar-refractivity contribution in [2.24, 2.45) is 17.8 Å². The summed E-state index contributed by atoms with van der Waals surface area (Å²) in [5.41, 5.74) is 1.90. The molecule has 0 aromatic heterocycles. The van der Waals surface area contributed by atoms with E-state index in [1.54, 1.807) is 12.2 Å².